The van der Waals surface area contributed by atoms with E-state index in [0.29, 0.717) is 34.4 Å². The van der Waals surface area contributed by atoms with Crippen molar-refractivity contribution < 1.29 is 14.6 Å². The Bertz CT molecular complexity index is 1370. The van der Waals surface area contributed by atoms with Gasteiger partial charge in [-0.25, -0.2) is 0 Å². The number of halogens is 2. The summed E-state index contributed by atoms with van der Waals surface area (Å²) in [5, 5.41) is 27.1. The molecule has 0 unspecified atom stereocenters. The monoisotopic (exact) mass is 559 g/mol. The maximum atomic E-state index is 12.1. The Morgan fingerprint density at radius 2 is 1.73 bits per heavy atom. The number of anilines is 1. The molecule has 1 heterocycles. The summed E-state index contributed by atoms with van der Waals surface area (Å²) in [6.07, 6.45) is 0.630. The third kappa shape index (κ3) is 4.71. The van der Waals surface area contributed by atoms with Crippen molar-refractivity contribution in [2.45, 2.75) is 40.8 Å². The lowest BCUT2D eigenvalue weighted by atomic mass is 9.77. The van der Waals surface area contributed by atoms with E-state index in [1.54, 1.807) is 24.3 Å². The summed E-state index contributed by atoms with van der Waals surface area (Å²) in [5.74, 6) is 0.0774. The van der Waals surface area contributed by atoms with E-state index in [0.717, 1.165) is 11.1 Å². The van der Waals surface area contributed by atoms with Crippen LogP contribution in [-0.2, 0) is 0 Å². The van der Waals surface area contributed by atoms with Crippen LogP contribution in [0.15, 0.2) is 65.6 Å². The lowest BCUT2D eigenvalue weighted by Gasteiger charge is -2.38. The first kappa shape index (κ1) is 25.6. The van der Waals surface area contributed by atoms with Crippen molar-refractivity contribution >= 4 is 52.0 Å². The number of nitro groups is 2. The van der Waals surface area contributed by atoms with Crippen LogP contribution in [0.2, 0.25) is 5.02 Å². The third-order valence-corrected chi connectivity index (χ3v) is 9.42. The second-order valence-electron chi connectivity index (χ2n) is 8.99. The van der Waals surface area contributed by atoms with Crippen molar-refractivity contribution in [3.8, 4) is 5.75 Å². The predicted octanol–water partition coefficient (Wildman–Crippen LogP) is 7.59. The van der Waals surface area contributed by atoms with Crippen molar-refractivity contribution in [3.63, 3.8) is 0 Å². The number of ether oxygens (including phenoxy) is 1. The van der Waals surface area contributed by atoms with Gasteiger partial charge in [-0.3, -0.25) is 20.2 Å². The highest BCUT2D eigenvalue weighted by Crippen LogP contribution is 2.60. The van der Waals surface area contributed by atoms with Gasteiger partial charge in [-0.15, -0.1) is 23.4 Å². The molecule has 11 heteroatoms. The first-order chi connectivity index (χ1) is 17.8. The highest BCUT2D eigenvalue weighted by molar-refractivity contribution is 8.00. The minimum absolute atomic E-state index is 0.0293. The summed E-state index contributed by atoms with van der Waals surface area (Å²) >= 11 is 15.1. The van der Waals surface area contributed by atoms with Crippen LogP contribution in [0.5, 0.6) is 5.75 Å². The fourth-order valence-electron chi connectivity index (χ4n) is 5.48. The lowest BCUT2D eigenvalue weighted by Crippen LogP contribution is -2.31. The van der Waals surface area contributed by atoms with Crippen molar-refractivity contribution in [1.82, 2.24) is 0 Å². The van der Waals surface area contributed by atoms with Crippen molar-refractivity contribution in [2.75, 3.05) is 11.9 Å². The predicted molar refractivity (Wildman–Crippen MR) is 145 cm³/mol. The largest absolute Gasteiger partial charge is 0.494 e. The van der Waals surface area contributed by atoms with E-state index in [2.05, 4.69) is 5.32 Å². The molecule has 5 atom stereocenters. The van der Waals surface area contributed by atoms with Gasteiger partial charge in [0, 0.05) is 22.3 Å². The molecule has 0 radical (unpaired) electrons. The molecule has 37 heavy (non-hydrogen) atoms. The van der Waals surface area contributed by atoms with Gasteiger partial charge in [-0.2, -0.15) is 0 Å². The third-order valence-electron chi connectivity index (χ3n) is 6.96. The number of hydrogen-bond donors (Lipinski definition) is 1. The molecule has 8 nitrogen and oxygen atoms in total. The van der Waals surface area contributed by atoms with Gasteiger partial charge in [-0.05, 0) is 48.6 Å². The van der Waals surface area contributed by atoms with E-state index in [4.69, 9.17) is 27.9 Å². The van der Waals surface area contributed by atoms with Gasteiger partial charge < -0.3 is 10.1 Å². The molecular formula is C26H23Cl2N3O5S. The molecule has 1 saturated carbocycles. The molecule has 2 aliphatic rings. The second-order valence-corrected chi connectivity index (χ2v) is 11.2. The molecule has 1 aliphatic carbocycles. The van der Waals surface area contributed by atoms with Crippen molar-refractivity contribution in [1.29, 1.82) is 0 Å². The fraction of sp³-hybridized carbons (Fsp3) is 0.308. The lowest BCUT2D eigenvalue weighted by molar-refractivity contribution is -0.387. The van der Waals surface area contributed by atoms with Crippen LogP contribution < -0.4 is 10.1 Å². The number of para-hydroxylation sites is 1. The molecule has 5 rings (SSSR count). The van der Waals surface area contributed by atoms with Crippen LogP contribution in [0, 0.1) is 26.1 Å². The van der Waals surface area contributed by atoms with E-state index in [1.807, 2.05) is 31.2 Å². The number of rotatable bonds is 7. The summed E-state index contributed by atoms with van der Waals surface area (Å²) in [6, 6.07) is 17.0. The van der Waals surface area contributed by atoms with E-state index in [-0.39, 0.29) is 34.5 Å². The Balaban J connectivity index is 1.63. The number of nitrogens with zero attached hydrogens (tertiary/aromatic N) is 2. The number of fused-ring (bicyclic) bond motifs is 3. The van der Waals surface area contributed by atoms with Gasteiger partial charge in [-0.1, -0.05) is 41.9 Å². The van der Waals surface area contributed by atoms with Gasteiger partial charge in [0.2, 0.25) is 0 Å². The molecule has 0 spiro atoms. The van der Waals surface area contributed by atoms with Crippen molar-refractivity contribution in [3.05, 3.63) is 97.0 Å². The Kier molecular flexibility index (Phi) is 7.20. The van der Waals surface area contributed by atoms with Crippen LogP contribution in [0.3, 0.4) is 0 Å². The molecule has 0 saturated heterocycles. The van der Waals surface area contributed by atoms with Gasteiger partial charge in [0.25, 0.3) is 11.4 Å². The van der Waals surface area contributed by atoms with Gasteiger partial charge in [0.05, 0.1) is 38.8 Å². The van der Waals surface area contributed by atoms with Crippen LogP contribution in [0.4, 0.5) is 17.1 Å². The maximum Gasteiger partial charge on any atom is 0.296 e. The number of nitro benzene ring substituents is 2. The molecule has 1 fully saturated rings. The van der Waals surface area contributed by atoms with E-state index >= 15 is 0 Å². The Morgan fingerprint density at radius 1 is 1.03 bits per heavy atom. The molecule has 3 aromatic rings. The zero-order valence-corrected chi connectivity index (χ0v) is 22.0. The Hall–Kier alpha value is -3.01. The van der Waals surface area contributed by atoms with Crippen LogP contribution >= 0.6 is 35.0 Å². The van der Waals surface area contributed by atoms with Gasteiger partial charge >= 0.3 is 0 Å². The topological polar surface area (TPSA) is 108 Å². The number of benzene rings is 3. The summed E-state index contributed by atoms with van der Waals surface area (Å²) in [5.41, 5.74) is 1.89. The molecular weight excluding hydrogens is 537 g/mol. The van der Waals surface area contributed by atoms with Crippen molar-refractivity contribution in [2.24, 2.45) is 5.92 Å². The second kappa shape index (κ2) is 10.4. The van der Waals surface area contributed by atoms with E-state index < -0.39 is 15.2 Å². The molecule has 192 valence electrons. The number of nitrogens with one attached hydrogen (secondary N) is 1. The molecule has 3 aromatic carbocycles. The number of thioether (sulfide) groups is 1. The Labute approximate surface area is 227 Å². The molecule has 1 aliphatic heterocycles. The van der Waals surface area contributed by atoms with Crippen LogP contribution in [0.25, 0.3) is 0 Å². The minimum Gasteiger partial charge on any atom is -0.494 e. The average molecular weight is 560 g/mol. The first-order valence-electron chi connectivity index (χ1n) is 11.8. The van der Waals surface area contributed by atoms with Crippen LogP contribution in [-0.4, -0.2) is 27.1 Å². The quantitative estimate of drug-likeness (QED) is 0.180. The van der Waals surface area contributed by atoms with E-state index in [1.165, 1.54) is 23.9 Å². The summed E-state index contributed by atoms with van der Waals surface area (Å²) in [4.78, 5) is 23.5. The molecule has 0 aromatic heterocycles. The average Bonchev–Trinajstić information content (AvgIpc) is 3.20. The fourth-order valence-corrected chi connectivity index (χ4v) is 7.67. The molecule has 0 amide bonds. The number of hydrogen-bond acceptors (Lipinski definition) is 7. The SMILES string of the molecule is CCOc1cc2c(c([N+](=O)[O-])c1)N[C@@H](c1ccccc1Cl)[C@@H]1C[C@@H](Sc3ccccc3[N+](=O)[O-])[C@@H](Cl)[C@H]21. The van der Waals surface area contributed by atoms with E-state index in [9.17, 15) is 20.2 Å². The normalized spacial score (nSPS) is 24.0. The Morgan fingerprint density at radius 3 is 2.43 bits per heavy atom. The molecule has 1 N–H and O–H groups in total. The highest BCUT2D eigenvalue weighted by atomic mass is 35.5. The van der Waals surface area contributed by atoms with Gasteiger partial charge in [0.1, 0.15) is 11.4 Å². The summed E-state index contributed by atoms with van der Waals surface area (Å²) in [6.45, 7) is 2.18. The molecule has 0 bridgehead atoms. The highest BCUT2D eigenvalue weighted by Gasteiger charge is 2.52. The maximum absolute atomic E-state index is 12.1. The smallest absolute Gasteiger partial charge is 0.296 e. The summed E-state index contributed by atoms with van der Waals surface area (Å²) < 4.78 is 5.67. The van der Waals surface area contributed by atoms with Gasteiger partial charge in [0.15, 0.2) is 0 Å². The van der Waals surface area contributed by atoms with Crippen LogP contribution in [0.1, 0.15) is 36.4 Å². The zero-order chi connectivity index (χ0) is 26.3. The standard InChI is InChI=1S/C26H23Cl2N3O5S/c1-2-36-14-11-16-23-17(13-22(24(23)28)37-21-10-6-5-9-19(21)30(32)33)25(15-7-3-4-8-18(15)27)29-26(16)20(12-14)31(34)35/h3-12,17,22-25,29H,2,13H2,1H3/t17-,22-,23-,24-,25+/m1/s1. The minimum atomic E-state index is -0.447. The number of alkyl halides is 1. The summed E-state index contributed by atoms with van der Waals surface area (Å²) in [7, 11) is 0. The zero-order valence-electron chi connectivity index (χ0n) is 19.7. The first-order valence-corrected chi connectivity index (χ1v) is 13.5.